The van der Waals surface area contributed by atoms with Gasteiger partial charge in [0.2, 0.25) is 5.78 Å². The van der Waals surface area contributed by atoms with Gasteiger partial charge in [-0.05, 0) is 0 Å². The molecular formula is C10H8N2O2S. The Kier molecular flexibility index (Phi) is 2.39. The molecule has 1 aromatic carbocycles. The maximum atomic E-state index is 11.9. The zero-order chi connectivity index (χ0) is 10.8. The van der Waals surface area contributed by atoms with E-state index in [1.165, 1.54) is 0 Å². The van der Waals surface area contributed by atoms with E-state index >= 15 is 0 Å². The standard InChI is InChI=1S/C10H8N2O2S/c11-9-8(15-10(14)12-9)7(13)6-4-2-1-3-5-6/h1-5H,11H2,(H,12,14). The molecule has 2 rings (SSSR count). The van der Waals surface area contributed by atoms with Crippen LogP contribution in [0.25, 0.3) is 0 Å². The van der Waals surface area contributed by atoms with Crippen LogP contribution in [0.5, 0.6) is 5.19 Å². The van der Waals surface area contributed by atoms with Crippen molar-refractivity contribution in [1.82, 2.24) is 4.98 Å². The molecular weight excluding hydrogens is 212 g/mol. The number of nitrogens with zero attached hydrogens (tertiary/aromatic N) is 1. The van der Waals surface area contributed by atoms with Gasteiger partial charge in [0.15, 0.2) is 0 Å². The van der Waals surface area contributed by atoms with Crippen LogP contribution in [0.4, 0.5) is 5.82 Å². The van der Waals surface area contributed by atoms with Crippen LogP contribution in [0, 0.1) is 0 Å². The van der Waals surface area contributed by atoms with Gasteiger partial charge in [0.05, 0.1) is 0 Å². The van der Waals surface area contributed by atoms with Gasteiger partial charge in [-0.2, -0.15) is 4.98 Å². The normalized spacial score (nSPS) is 10.1. The third kappa shape index (κ3) is 1.82. The number of benzene rings is 1. The number of aromatic nitrogens is 1. The lowest BCUT2D eigenvalue weighted by atomic mass is 10.1. The van der Waals surface area contributed by atoms with Gasteiger partial charge < -0.3 is 10.8 Å². The molecule has 5 heteroatoms. The van der Waals surface area contributed by atoms with Crippen molar-refractivity contribution in [2.24, 2.45) is 0 Å². The monoisotopic (exact) mass is 220 g/mol. The van der Waals surface area contributed by atoms with Gasteiger partial charge in [0, 0.05) is 5.56 Å². The van der Waals surface area contributed by atoms with E-state index in [1.54, 1.807) is 24.3 Å². The number of carbonyl (C=O) groups is 1. The van der Waals surface area contributed by atoms with Gasteiger partial charge in [0.1, 0.15) is 10.7 Å². The predicted octanol–water partition coefficient (Wildman–Crippen LogP) is 1.66. The Morgan fingerprint density at radius 3 is 2.53 bits per heavy atom. The average molecular weight is 220 g/mol. The highest BCUT2D eigenvalue weighted by Gasteiger charge is 2.16. The summed E-state index contributed by atoms with van der Waals surface area (Å²) in [4.78, 5) is 15.7. The molecule has 0 amide bonds. The topological polar surface area (TPSA) is 76.2 Å². The minimum absolute atomic E-state index is 0.0753. The van der Waals surface area contributed by atoms with Crippen LogP contribution >= 0.6 is 11.3 Å². The van der Waals surface area contributed by atoms with E-state index in [1.807, 2.05) is 6.07 Å². The predicted molar refractivity (Wildman–Crippen MR) is 58.1 cm³/mol. The summed E-state index contributed by atoms with van der Waals surface area (Å²) in [5.74, 6) is -0.141. The van der Waals surface area contributed by atoms with Crippen molar-refractivity contribution in [3.05, 3.63) is 40.8 Å². The lowest BCUT2D eigenvalue weighted by molar-refractivity contribution is 0.104. The molecule has 0 radical (unpaired) electrons. The minimum Gasteiger partial charge on any atom is -0.486 e. The highest BCUT2D eigenvalue weighted by atomic mass is 32.1. The van der Waals surface area contributed by atoms with Crippen molar-refractivity contribution in [2.45, 2.75) is 0 Å². The first-order chi connectivity index (χ1) is 7.18. The van der Waals surface area contributed by atoms with Gasteiger partial charge in [-0.25, -0.2) is 0 Å². The Hall–Kier alpha value is -1.88. The van der Waals surface area contributed by atoms with Crippen LogP contribution < -0.4 is 5.73 Å². The molecule has 0 spiro atoms. The highest BCUT2D eigenvalue weighted by molar-refractivity contribution is 7.16. The molecule has 0 aliphatic carbocycles. The molecule has 3 N–H and O–H groups in total. The Bertz CT molecular complexity index is 493. The fourth-order valence-corrected chi connectivity index (χ4v) is 1.89. The van der Waals surface area contributed by atoms with Crippen LogP contribution in [0.1, 0.15) is 15.2 Å². The van der Waals surface area contributed by atoms with Gasteiger partial charge in [-0.3, -0.25) is 4.79 Å². The van der Waals surface area contributed by atoms with Crippen LogP contribution in [-0.2, 0) is 0 Å². The third-order valence-electron chi connectivity index (χ3n) is 1.88. The Morgan fingerprint density at radius 2 is 2.00 bits per heavy atom. The number of nitrogen functional groups attached to an aromatic ring is 1. The first-order valence-corrected chi connectivity index (χ1v) is 5.05. The maximum absolute atomic E-state index is 11.9. The number of hydrogen-bond acceptors (Lipinski definition) is 5. The van der Waals surface area contributed by atoms with Crippen molar-refractivity contribution < 1.29 is 9.90 Å². The van der Waals surface area contributed by atoms with Crippen molar-refractivity contribution in [1.29, 1.82) is 0 Å². The van der Waals surface area contributed by atoms with E-state index in [4.69, 9.17) is 10.8 Å². The number of anilines is 1. The molecule has 0 saturated carbocycles. The fraction of sp³-hybridized carbons (Fsp3) is 0. The van der Waals surface area contributed by atoms with Gasteiger partial charge in [-0.1, -0.05) is 41.7 Å². The Labute approximate surface area is 90.0 Å². The molecule has 4 nitrogen and oxygen atoms in total. The summed E-state index contributed by atoms with van der Waals surface area (Å²) in [6.45, 7) is 0. The van der Waals surface area contributed by atoms with Gasteiger partial charge in [0.25, 0.3) is 5.19 Å². The van der Waals surface area contributed by atoms with Crippen LogP contribution in [0.15, 0.2) is 30.3 Å². The number of ketones is 1. The van der Waals surface area contributed by atoms with E-state index in [0.717, 1.165) is 11.3 Å². The summed E-state index contributed by atoms with van der Waals surface area (Å²) >= 11 is 0.887. The smallest absolute Gasteiger partial charge is 0.273 e. The zero-order valence-electron chi connectivity index (χ0n) is 7.68. The number of nitrogens with two attached hydrogens (primary N) is 1. The number of hydrogen-bond donors (Lipinski definition) is 2. The van der Waals surface area contributed by atoms with E-state index in [-0.39, 0.29) is 21.7 Å². The van der Waals surface area contributed by atoms with E-state index < -0.39 is 0 Å². The average Bonchev–Trinajstić information content (AvgIpc) is 2.58. The molecule has 0 atom stereocenters. The molecule has 15 heavy (non-hydrogen) atoms. The molecule has 0 aliphatic rings. The molecule has 0 fully saturated rings. The lowest BCUT2D eigenvalue weighted by Crippen LogP contribution is -2.02. The Balaban J connectivity index is 2.41. The second-order valence-corrected chi connectivity index (χ2v) is 3.88. The van der Waals surface area contributed by atoms with Gasteiger partial charge in [-0.15, -0.1) is 0 Å². The zero-order valence-corrected chi connectivity index (χ0v) is 8.49. The number of thiazole rings is 1. The number of aromatic hydroxyl groups is 1. The Morgan fingerprint density at radius 1 is 1.33 bits per heavy atom. The van der Waals surface area contributed by atoms with Crippen LogP contribution in [0.3, 0.4) is 0 Å². The quantitative estimate of drug-likeness (QED) is 0.755. The summed E-state index contributed by atoms with van der Waals surface area (Å²) in [5.41, 5.74) is 6.03. The highest BCUT2D eigenvalue weighted by Crippen LogP contribution is 2.27. The fourth-order valence-electron chi connectivity index (χ4n) is 1.20. The van der Waals surface area contributed by atoms with E-state index in [2.05, 4.69) is 4.98 Å². The summed E-state index contributed by atoms with van der Waals surface area (Å²) in [5, 5.41) is 8.92. The van der Waals surface area contributed by atoms with Crippen molar-refractivity contribution >= 4 is 22.9 Å². The SMILES string of the molecule is Nc1nc(O)sc1C(=O)c1ccccc1. The molecule has 76 valence electrons. The molecule has 2 aromatic rings. The van der Waals surface area contributed by atoms with E-state index in [9.17, 15) is 4.79 Å². The minimum atomic E-state index is -0.217. The summed E-state index contributed by atoms with van der Waals surface area (Å²) in [6, 6.07) is 8.75. The summed E-state index contributed by atoms with van der Waals surface area (Å²) in [7, 11) is 0. The van der Waals surface area contributed by atoms with Crippen LogP contribution in [0.2, 0.25) is 0 Å². The summed E-state index contributed by atoms with van der Waals surface area (Å²) < 4.78 is 0. The van der Waals surface area contributed by atoms with Crippen molar-refractivity contribution in [3.8, 4) is 5.19 Å². The summed E-state index contributed by atoms with van der Waals surface area (Å²) in [6.07, 6.45) is 0. The van der Waals surface area contributed by atoms with Crippen molar-refractivity contribution in [2.75, 3.05) is 5.73 Å². The molecule has 1 aromatic heterocycles. The third-order valence-corrected chi connectivity index (χ3v) is 2.76. The molecule has 0 bridgehead atoms. The molecule has 0 aliphatic heterocycles. The number of rotatable bonds is 2. The number of carbonyl (C=O) groups excluding carboxylic acids is 1. The molecule has 1 heterocycles. The van der Waals surface area contributed by atoms with Gasteiger partial charge >= 0.3 is 0 Å². The maximum Gasteiger partial charge on any atom is 0.273 e. The molecule has 0 unspecified atom stereocenters. The second-order valence-electron chi connectivity index (χ2n) is 2.91. The first-order valence-electron chi connectivity index (χ1n) is 4.23. The second kappa shape index (κ2) is 3.70. The largest absolute Gasteiger partial charge is 0.486 e. The van der Waals surface area contributed by atoms with E-state index in [0.29, 0.717) is 5.56 Å². The first kappa shape index (κ1) is 9.67. The van der Waals surface area contributed by atoms with Crippen molar-refractivity contribution in [3.63, 3.8) is 0 Å². The molecule has 0 saturated heterocycles. The lowest BCUT2D eigenvalue weighted by Gasteiger charge is -1.97. The van der Waals surface area contributed by atoms with Crippen LogP contribution in [-0.4, -0.2) is 15.9 Å².